The minimum Gasteiger partial charge on any atom is -0.381 e. The number of anilines is 2. The van der Waals surface area contributed by atoms with Gasteiger partial charge in [-0.05, 0) is 67.6 Å². The van der Waals surface area contributed by atoms with Gasteiger partial charge in [0.1, 0.15) is 0 Å². The zero-order valence-electron chi connectivity index (χ0n) is 13.7. The third kappa shape index (κ3) is 1.86. The second-order valence-electron chi connectivity index (χ2n) is 6.52. The number of nitrogens with one attached hydrogen (secondary N) is 1. The maximum Gasteiger partial charge on any atom is 0.0412 e. The Morgan fingerprint density at radius 2 is 1.86 bits per heavy atom. The van der Waals surface area contributed by atoms with Crippen LogP contribution in [0.1, 0.15) is 42.0 Å². The smallest absolute Gasteiger partial charge is 0.0412 e. The Kier molecular flexibility index (Phi) is 3.14. The van der Waals surface area contributed by atoms with Crippen molar-refractivity contribution < 1.29 is 0 Å². The molecule has 1 heterocycles. The SMILES string of the molecule is CCN(CC)c1cc(C)c2c(c1)C1c3ccccc3NC1C2. The predicted molar refractivity (Wildman–Crippen MR) is 94.1 cm³/mol. The summed E-state index contributed by atoms with van der Waals surface area (Å²) in [6, 6.07) is 14.2. The van der Waals surface area contributed by atoms with Crippen molar-refractivity contribution in [2.24, 2.45) is 0 Å². The number of para-hydroxylation sites is 1. The maximum absolute atomic E-state index is 3.73. The fourth-order valence-corrected chi connectivity index (χ4v) is 4.32. The van der Waals surface area contributed by atoms with Crippen LogP contribution in [-0.2, 0) is 6.42 Å². The van der Waals surface area contributed by atoms with Gasteiger partial charge in [-0.25, -0.2) is 0 Å². The van der Waals surface area contributed by atoms with Crippen LogP contribution >= 0.6 is 0 Å². The summed E-state index contributed by atoms with van der Waals surface area (Å²) in [6.45, 7) is 8.89. The van der Waals surface area contributed by atoms with Crippen molar-refractivity contribution >= 4 is 11.4 Å². The first kappa shape index (κ1) is 13.7. The van der Waals surface area contributed by atoms with Crippen LogP contribution in [0.4, 0.5) is 11.4 Å². The number of benzene rings is 2. The van der Waals surface area contributed by atoms with Crippen molar-refractivity contribution in [3.05, 3.63) is 58.7 Å². The van der Waals surface area contributed by atoms with E-state index in [2.05, 4.69) is 67.4 Å². The van der Waals surface area contributed by atoms with Gasteiger partial charge in [-0.1, -0.05) is 18.2 Å². The highest BCUT2D eigenvalue weighted by Gasteiger charge is 2.40. The van der Waals surface area contributed by atoms with E-state index in [0.717, 1.165) is 19.5 Å². The van der Waals surface area contributed by atoms with E-state index < -0.39 is 0 Å². The normalized spacial score (nSPS) is 21.0. The van der Waals surface area contributed by atoms with Gasteiger partial charge in [0.05, 0.1) is 0 Å². The monoisotopic (exact) mass is 292 g/mol. The first-order valence-corrected chi connectivity index (χ1v) is 8.46. The minimum absolute atomic E-state index is 0.528. The van der Waals surface area contributed by atoms with E-state index in [4.69, 9.17) is 0 Å². The second kappa shape index (κ2) is 5.05. The zero-order chi connectivity index (χ0) is 15.3. The molecule has 2 heteroatoms. The van der Waals surface area contributed by atoms with E-state index >= 15 is 0 Å². The molecular formula is C20H24N2. The molecule has 114 valence electrons. The molecule has 0 fully saturated rings. The number of rotatable bonds is 3. The summed E-state index contributed by atoms with van der Waals surface area (Å²) in [5.41, 5.74) is 8.74. The number of hydrogen-bond donors (Lipinski definition) is 1. The molecule has 0 saturated heterocycles. The van der Waals surface area contributed by atoms with Gasteiger partial charge < -0.3 is 10.2 Å². The van der Waals surface area contributed by atoms with Crippen LogP contribution in [0.3, 0.4) is 0 Å². The Morgan fingerprint density at radius 1 is 1.09 bits per heavy atom. The van der Waals surface area contributed by atoms with Crippen LogP contribution in [0.2, 0.25) is 0 Å². The van der Waals surface area contributed by atoms with Gasteiger partial charge >= 0.3 is 0 Å². The first-order chi connectivity index (χ1) is 10.7. The Bertz CT molecular complexity index is 716. The van der Waals surface area contributed by atoms with Gasteiger partial charge in [0.2, 0.25) is 0 Å². The van der Waals surface area contributed by atoms with Crippen molar-refractivity contribution in [2.75, 3.05) is 23.3 Å². The van der Waals surface area contributed by atoms with Gasteiger partial charge in [0.15, 0.2) is 0 Å². The summed E-state index contributed by atoms with van der Waals surface area (Å²) in [6.07, 6.45) is 1.15. The highest BCUT2D eigenvalue weighted by Crippen LogP contribution is 2.48. The minimum atomic E-state index is 0.528. The lowest BCUT2D eigenvalue weighted by molar-refractivity contribution is 0.726. The molecule has 0 aromatic heterocycles. The van der Waals surface area contributed by atoms with Crippen LogP contribution in [-0.4, -0.2) is 19.1 Å². The first-order valence-electron chi connectivity index (χ1n) is 8.46. The van der Waals surface area contributed by atoms with Crippen molar-refractivity contribution in [1.82, 2.24) is 0 Å². The van der Waals surface area contributed by atoms with Crippen molar-refractivity contribution in [2.45, 2.75) is 39.2 Å². The quantitative estimate of drug-likeness (QED) is 0.906. The van der Waals surface area contributed by atoms with E-state index in [1.54, 1.807) is 11.1 Å². The molecule has 1 aliphatic carbocycles. The third-order valence-corrected chi connectivity index (χ3v) is 5.42. The largest absolute Gasteiger partial charge is 0.381 e. The van der Waals surface area contributed by atoms with Crippen LogP contribution in [0.25, 0.3) is 0 Å². The average Bonchev–Trinajstić information content (AvgIpc) is 3.05. The average molecular weight is 292 g/mol. The number of hydrogen-bond acceptors (Lipinski definition) is 2. The lowest BCUT2D eigenvalue weighted by atomic mass is 9.91. The standard InChI is InChI=1S/C20H24N2/c1-4-22(5-2)14-10-13(3)16-12-19-20(17(16)11-14)15-8-6-7-9-18(15)21-19/h6-11,19-21H,4-5,12H2,1-3H3. The molecule has 1 aliphatic heterocycles. The predicted octanol–water partition coefficient (Wildman–Crippen LogP) is 4.32. The van der Waals surface area contributed by atoms with E-state index in [0.29, 0.717) is 12.0 Å². The maximum atomic E-state index is 3.73. The Balaban J connectivity index is 1.84. The lowest BCUT2D eigenvalue weighted by Gasteiger charge is -2.23. The van der Waals surface area contributed by atoms with Crippen LogP contribution in [0, 0.1) is 6.92 Å². The molecule has 2 aromatic carbocycles. The molecule has 4 rings (SSSR count). The zero-order valence-corrected chi connectivity index (χ0v) is 13.7. The molecule has 2 aliphatic rings. The van der Waals surface area contributed by atoms with E-state index in [1.165, 1.54) is 22.5 Å². The summed E-state index contributed by atoms with van der Waals surface area (Å²) in [5.74, 6) is 0.528. The summed E-state index contributed by atoms with van der Waals surface area (Å²) in [4.78, 5) is 2.45. The van der Waals surface area contributed by atoms with Crippen molar-refractivity contribution in [3.8, 4) is 0 Å². The number of fused-ring (bicyclic) bond motifs is 5. The fourth-order valence-electron chi connectivity index (χ4n) is 4.32. The van der Waals surface area contributed by atoms with Gasteiger partial charge in [0.25, 0.3) is 0 Å². The van der Waals surface area contributed by atoms with Crippen molar-refractivity contribution in [1.29, 1.82) is 0 Å². The molecule has 0 saturated carbocycles. The summed E-state index contributed by atoms with van der Waals surface area (Å²) in [5, 5.41) is 3.73. The summed E-state index contributed by atoms with van der Waals surface area (Å²) >= 11 is 0. The van der Waals surface area contributed by atoms with E-state index in [1.807, 2.05) is 0 Å². The fraction of sp³-hybridized carbons (Fsp3) is 0.400. The molecule has 0 bridgehead atoms. The molecule has 2 nitrogen and oxygen atoms in total. The highest BCUT2D eigenvalue weighted by atomic mass is 15.1. The van der Waals surface area contributed by atoms with E-state index in [-0.39, 0.29) is 0 Å². The molecule has 2 atom stereocenters. The summed E-state index contributed by atoms with van der Waals surface area (Å²) in [7, 11) is 0. The van der Waals surface area contributed by atoms with Gasteiger partial charge in [-0.3, -0.25) is 0 Å². The van der Waals surface area contributed by atoms with Crippen LogP contribution in [0.15, 0.2) is 36.4 Å². The summed E-state index contributed by atoms with van der Waals surface area (Å²) < 4.78 is 0. The Hall–Kier alpha value is -1.96. The van der Waals surface area contributed by atoms with E-state index in [9.17, 15) is 0 Å². The van der Waals surface area contributed by atoms with Gasteiger partial charge in [-0.2, -0.15) is 0 Å². The van der Waals surface area contributed by atoms with Crippen LogP contribution in [0.5, 0.6) is 0 Å². The molecule has 0 spiro atoms. The topological polar surface area (TPSA) is 15.3 Å². The molecule has 22 heavy (non-hydrogen) atoms. The molecule has 0 amide bonds. The van der Waals surface area contributed by atoms with Gasteiger partial charge in [-0.15, -0.1) is 0 Å². The molecular weight excluding hydrogens is 268 g/mol. The molecule has 1 N–H and O–H groups in total. The van der Waals surface area contributed by atoms with Crippen molar-refractivity contribution in [3.63, 3.8) is 0 Å². The van der Waals surface area contributed by atoms with Crippen LogP contribution < -0.4 is 10.2 Å². The molecule has 2 aromatic rings. The number of nitrogens with zero attached hydrogens (tertiary/aromatic N) is 1. The molecule has 0 radical (unpaired) electrons. The third-order valence-electron chi connectivity index (χ3n) is 5.42. The highest BCUT2D eigenvalue weighted by molar-refractivity contribution is 5.68. The molecule has 2 unspecified atom stereocenters. The lowest BCUT2D eigenvalue weighted by Crippen LogP contribution is -2.22. The Labute approximate surface area is 133 Å². The number of aryl methyl sites for hydroxylation is 1. The Morgan fingerprint density at radius 3 is 2.64 bits per heavy atom. The van der Waals surface area contributed by atoms with Gasteiger partial charge in [0, 0.05) is 36.4 Å². The second-order valence-corrected chi connectivity index (χ2v) is 6.52.